The van der Waals surface area contributed by atoms with Gasteiger partial charge < -0.3 is 10.5 Å². The van der Waals surface area contributed by atoms with Crippen LogP contribution in [0.1, 0.15) is 5.56 Å². The molecular weight excluding hydrogens is 302 g/mol. The van der Waals surface area contributed by atoms with Gasteiger partial charge in [0.15, 0.2) is 0 Å². The average Bonchev–Trinajstić information content (AvgIpc) is 2.62. The molecule has 2 amide bonds. The number of fused-ring (bicyclic) bond motifs is 2. The zero-order valence-corrected chi connectivity index (χ0v) is 13.1. The van der Waals surface area contributed by atoms with Gasteiger partial charge in [0.05, 0.1) is 11.7 Å². The Kier molecular flexibility index (Phi) is 3.54. The molecule has 2 heterocycles. The molecule has 0 aliphatic carbocycles. The monoisotopic (exact) mass is 319 g/mol. The van der Waals surface area contributed by atoms with E-state index in [1.54, 1.807) is 17.3 Å². The minimum atomic E-state index is -0.479. The first-order valence-electron chi connectivity index (χ1n) is 7.86. The van der Waals surface area contributed by atoms with Crippen LogP contribution in [0.2, 0.25) is 0 Å². The van der Waals surface area contributed by atoms with E-state index >= 15 is 0 Å². The third-order valence-corrected chi connectivity index (χ3v) is 4.38. The van der Waals surface area contributed by atoms with Gasteiger partial charge >= 0.3 is 6.03 Å². The van der Waals surface area contributed by atoms with E-state index in [2.05, 4.69) is 4.98 Å². The fourth-order valence-corrected chi connectivity index (χ4v) is 3.29. The van der Waals surface area contributed by atoms with E-state index in [4.69, 9.17) is 10.5 Å². The maximum Gasteiger partial charge on any atom is 0.319 e. The van der Waals surface area contributed by atoms with E-state index < -0.39 is 6.03 Å². The van der Waals surface area contributed by atoms with E-state index in [0.717, 1.165) is 27.8 Å². The number of hydrogen-bond acceptors (Lipinski definition) is 3. The molecule has 5 nitrogen and oxygen atoms in total. The quantitative estimate of drug-likeness (QED) is 0.789. The van der Waals surface area contributed by atoms with E-state index in [1.165, 1.54) is 0 Å². The van der Waals surface area contributed by atoms with Gasteiger partial charge in [-0.1, -0.05) is 30.3 Å². The topological polar surface area (TPSA) is 68.5 Å². The first-order valence-corrected chi connectivity index (χ1v) is 7.86. The Morgan fingerprint density at radius 1 is 1.17 bits per heavy atom. The number of anilines is 1. The van der Waals surface area contributed by atoms with Gasteiger partial charge in [-0.15, -0.1) is 0 Å². The first kappa shape index (κ1) is 14.5. The molecule has 0 saturated carbocycles. The van der Waals surface area contributed by atoms with Crippen LogP contribution in [0, 0.1) is 0 Å². The highest BCUT2D eigenvalue weighted by atomic mass is 16.5. The molecule has 2 N–H and O–H groups in total. The van der Waals surface area contributed by atoms with E-state index in [-0.39, 0.29) is 6.04 Å². The van der Waals surface area contributed by atoms with Crippen LogP contribution in [0.5, 0.6) is 5.75 Å². The predicted molar refractivity (Wildman–Crippen MR) is 93.2 cm³/mol. The Morgan fingerprint density at radius 2 is 2.04 bits per heavy atom. The molecule has 0 fully saturated rings. The largest absolute Gasteiger partial charge is 0.491 e. The van der Waals surface area contributed by atoms with Crippen molar-refractivity contribution in [3.63, 3.8) is 0 Å². The van der Waals surface area contributed by atoms with Gasteiger partial charge in [-0.25, -0.2) is 4.79 Å². The molecular formula is C19H17N3O2. The summed E-state index contributed by atoms with van der Waals surface area (Å²) >= 11 is 0. The van der Waals surface area contributed by atoms with Gasteiger partial charge in [-0.05, 0) is 23.8 Å². The highest BCUT2D eigenvalue weighted by Crippen LogP contribution is 2.32. The maximum atomic E-state index is 12.2. The fraction of sp³-hybridized carbons (Fsp3) is 0.158. The molecule has 2 aromatic carbocycles. The minimum Gasteiger partial charge on any atom is -0.491 e. The highest BCUT2D eigenvalue weighted by Gasteiger charge is 2.29. The number of carbonyl (C=O) groups is 1. The van der Waals surface area contributed by atoms with Crippen molar-refractivity contribution in [2.45, 2.75) is 12.5 Å². The summed E-state index contributed by atoms with van der Waals surface area (Å²) in [4.78, 5) is 18.0. The van der Waals surface area contributed by atoms with Gasteiger partial charge in [0.1, 0.15) is 12.4 Å². The van der Waals surface area contributed by atoms with Crippen molar-refractivity contribution in [2.24, 2.45) is 5.73 Å². The SMILES string of the molecule is NC(=O)N(c1cccc2cnccc12)C1COc2ccccc2C1. The smallest absolute Gasteiger partial charge is 0.319 e. The predicted octanol–water partition coefficient (Wildman–Crippen LogP) is 3.12. The van der Waals surface area contributed by atoms with Crippen LogP contribution >= 0.6 is 0 Å². The third kappa shape index (κ3) is 2.44. The number of carbonyl (C=O) groups excluding carboxylic acids is 1. The lowest BCUT2D eigenvalue weighted by Gasteiger charge is -2.34. The molecule has 1 unspecified atom stereocenters. The average molecular weight is 319 g/mol. The van der Waals surface area contributed by atoms with Crippen LogP contribution in [-0.4, -0.2) is 23.7 Å². The Bertz CT molecular complexity index is 905. The van der Waals surface area contributed by atoms with Gasteiger partial charge in [0.2, 0.25) is 0 Å². The minimum absolute atomic E-state index is 0.142. The molecule has 1 aliphatic heterocycles. The lowest BCUT2D eigenvalue weighted by atomic mass is 10.00. The second-order valence-electron chi connectivity index (χ2n) is 5.86. The Hall–Kier alpha value is -3.08. The number of pyridine rings is 1. The standard InChI is InChI=1S/C19H17N3O2/c20-19(23)22(15-10-13-4-1-2-7-18(13)24-12-15)17-6-3-5-14-11-21-9-8-16(14)17/h1-9,11,15H,10,12H2,(H2,20,23). The molecule has 120 valence electrons. The molecule has 4 rings (SSSR count). The number of primary amides is 1. The Balaban J connectivity index is 1.77. The summed E-state index contributed by atoms with van der Waals surface area (Å²) in [5.41, 5.74) is 7.60. The summed E-state index contributed by atoms with van der Waals surface area (Å²) in [6.45, 7) is 0.418. The van der Waals surface area contributed by atoms with E-state index in [1.807, 2.05) is 48.5 Å². The van der Waals surface area contributed by atoms with Crippen molar-refractivity contribution in [1.29, 1.82) is 0 Å². The number of aromatic nitrogens is 1. The number of ether oxygens (including phenoxy) is 1. The van der Waals surface area contributed by atoms with Gasteiger partial charge in [0, 0.05) is 29.6 Å². The molecule has 0 radical (unpaired) electrons. The number of amides is 2. The number of hydrogen-bond donors (Lipinski definition) is 1. The molecule has 5 heteroatoms. The van der Waals surface area contributed by atoms with Crippen LogP contribution in [0.4, 0.5) is 10.5 Å². The molecule has 1 aliphatic rings. The number of nitrogens with zero attached hydrogens (tertiary/aromatic N) is 2. The molecule has 1 atom stereocenters. The van der Waals surface area contributed by atoms with Crippen molar-refractivity contribution in [3.8, 4) is 5.75 Å². The summed E-state index contributed by atoms with van der Waals surface area (Å²) in [6, 6.07) is 15.0. The zero-order valence-electron chi connectivity index (χ0n) is 13.1. The van der Waals surface area contributed by atoms with Crippen molar-refractivity contribution < 1.29 is 9.53 Å². The van der Waals surface area contributed by atoms with Crippen molar-refractivity contribution in [2.75, 3.05) is 11.5 Å². The molecule has 1 aromatic heterocycles. The van der Waals surface area contributed by atoms with E-state index in [9.17, 15) is 4.79 Å². The number of nitrogens with two attached hydrogens (primary N) is 1. The molecule has 0 saturated heterocycles. The number of para-hydroxylation sites is 1. The molecule has 0 spiro atoms. The Labute approximate surface area is 139 Å². The number of rotatable bonds is 2. The van der Waals surface area contributed by atoms with Crippen molar-refractivity contribution >= 4 is 22.5 Å². The first-order chi connectivity index (χ1) is 11.7. The van der Waals surface area contributed by atoms with Crippen molar-refractivity contribution in [1.82, 2.24) is 4.98 Å². The second-order valence-corrected chi connectivity index (χ2v) is 5.86. The molecule has 0 bridgehead atoms. The van der Waals surface area contributed by atoms with Crippen LogP contribution < -0.4 is 15.4 Å². The third-order valence-electron chi connectivity index (χ3n) is 4.38. The summed E-state index contributed by atoms with van der Waals surface area (Å²) in [5, 5.41) is 1.92. The van der Waals surface area contributed by atoms with Gasteiger partial charge in [-0.3, -0.25) is 9.88 Å². The van der Waals surface area contributed by atoms with Gasteiger partial charge in [0.25, 0.3) is 0 Å². The van der Waals surface area contributed by atoms with Crippen LogP contribution in [0.15, 0.2) is 60.9 Å². The Morgan fingerprint density at radius 3 is 2.92 bits per heavy atom. The molecule has 24 heavy (non-hydrogen) atoms. The normalized spacial score (nSPS) is 16.2. The zero-order chi connectivity index (χ0) is 16.5. The van der Waals surface area contributed by atoms with E-state index in [0.29, 0.717) is 13.0 Å². The summed E-state index contributed by atoms with van der Waals surface area (Å²) in [7, 11) is 0. The summed E-state index contributed by atoms with van der Waals surface area (Å²) in [5.74, 6) is 0.875. The lowest BCUT2D eigenvalue weighted by molar-refractivity contribution is 0.234. The fourth-order valence-electron chi connectivity index (χ4n) is 3.29. The highest BCUT2D eigenvalue weighted by molar-refractivity contribution is 6.02. The number of urea groups is 1. The lowest BCUT2D eigenvalue weighted by Crippen LogP contribution is -2.49. The van der Waals surface area contributed by atoms with Crippen molar-refractivity contribution in [3.05, 3.63) is 66.5 Å². The van der Waals surface area contributed by atoms with Gasteiger partial charge in [-0.2, -0.15) is 0 Å². The summed E-state index contributed by atoms with van der Waals surface area (Å²) < 4.78 is 5.84. The molecule has 3 aromatic rings. The van der Waals surface area contributed by atoms with Crippen LogP contribution in [0.3, 0.4) is 0 Å². The summed E-state index contributed by atoms with van der Waals surface area (Å²) in [6.07, 6.45) is 4.21. The maximum absolute atomic E-state index is 12.2. The van der Waals surface area contributed by atoms with Crippen LogP contribution in [-0.2, 0) is 6.42 Å². The second kappa shape index (κ2) is 5.85. The van der Waals surface area contributed by atoms with Crippen LogP contribution in [0.25, 0.3) is 10.8 Å². The number of benzene rings is 2.